The van der Waals surface area contributed by atoms with E-state index < -0.39 is 34.1 Å². The Morgan fingerprint density at radius 2 is 1.77 bits per heavy atom. The molecule has 0 aliphatic carbocycles. The first-order valence-corrected chi connectivity index (χ1v) is 16.3. The number of amides is 1. The van der Waals surface area contributed by atoms with Crippen LogP contribution in [0.15, 0.2) is 53.4 Å². The molecular formula is C29H34F3N5O4S2. The summed E-state index contributed by atoms with van der Waals surface area (Å²) in [5, 5.41) is 3.64. The number of sulfonamides is 1. The molecular weight excluding hydrogens is 603 g/mol. The van der Waals surface area contributed by atoms with Crippen LogP contribution in [0.1, 0.15) is 35.0 Å². The Hall–Kier alpha value is -3.20. The molecule has 2 aliphatic heterocycles. The number of aromatic nitrogens is 1. The smallest absolute Gasteiger partial charge is 0.406 e. The van der Waals surface area contributed by atoms with Gasteiger partial charge in [-0.25, -0.2) is 13.4 Å². The van der Waals surface area contributed by atoms with Crippen molar-refractivity contribution in [1.29, 1.82) is 0 Å². The first kappa shape index (κ1) is 31.2. The number of piperazine rings is 1. The van der Waals surface area contributed by atoms with Crippen molar-refractivity contribution in [1.82, 2.24) is 19.5 Å². The fraction of sp³-hybridized carbons (Fsp3) is 0.448. The third kappa shape index (κ3) is 7.48. The van der Waals surface area contributed by atoms with Gasteiger partial charge >= 0.3 is 6.36 Å². The number of nitrogens with one attached hydrogen (secondary N) is 1. The summed E-state index contributed by atoms with van der Waals surface area (Å²) in [6, 6.07) is 10.8. The van der Waals surface area contributed by atoms with Crippen LogP contribution in [0, 0.1) is 0 Å². The quantitative estimate of drug-likeness (QED) is 0.376. The second-order valence-electron chi connectivity index (χ2n) is 10.7. The lowest BCUT2D eigenvalue weighted by Crippen LogP contribution is -2.60. The zero-order valence-corrected chi connectivity index (χ0v) is 25.6. The molecule has 232 valence electrons. The second kappa shape index (κ2) is 12.8. The number of hydrogen-bond donors (Lipinski definition) is 1. The highest BCUT2D eigenvalue weighted by molar-refractivity contribution is 7.89. The predicted molar refractivity (Wildman–Crippen MR) is 157 cm³/mol. The highest BCUT2D eigenvalue weighted by atomic mass is 32.2. The number of alkyl halides is 3. The zero-order valence-electron chi connectivity index (χ0n) is 23.9. The van der Waals surface area contributed by atoms with Gasteiger partial charge in [0.1, 0.15) is 11.8 Å². The van der Waals surface area contributed by atoms with Crippen molar-refractivity contribution in [2.24, 2.45) is 0 Å². The van der Waals surface area contributed by atoms with E-state index in [1.54, 1.807) is 11.3 Å². The summed E-state index contributed by atoms with van der Waals surface area (Å²) in [7, 11) is -2.19. The zero-order chi connectivity index (χ0) is 30.8. The number of fused-ring (bicyclic) bond motifs is 1. The number of carbonyl (C=O) groups excluding carboxylic acids is 1. The van der Waals surface area contributed by atoms with Gasteiger partial charge in [0.15, 0.2) is 5.13 Å². The summed E-state index contributed by atoms with van der Waals surface area (Å²) in [5.74, 6) is -1.00. The van der Waals surface area contributed by atoms with Crippen LogP contribution in [0.25, 0.3) is 0 Å². The summed E-state index contributed by atoms with van der Waals surface area (Å²) in [4.78, 5) is 23.5. The van der Waals surface area contributed by atoms with Crippen LogP contribution in [-0.4, -0.2) is 74.1 Å². The van der Waals surface area contributed by atoms with Gasteiger partial charge in [0, 0.05) is 50.6 Å². The van der Waals surface area contributed by atoms with Gasteiger partial charge < -0.3 is 19.9 Å². The molecule has 5 rings (SSSR count). The lowest BCUT2D eigenvalue weighted by atomic mass is 10.1. The highest BCUT2D eigenvalue weighted by Gasteiger charge is 2.41. The van der Waals surface area contributed by atoms with E-state index in [9.17, 15) is 26.4 Å². The number of carbonyl (C=O) groups is 1. The summed E-state index contributed by atoms with van der Waals surface area (Å²) >= 11 is 1.55. The molecule has 1 aromatic heterocycles. The molecule has 2 aromatic carbocycles. The van der Waals surface area contributed by atoms with Crippen molar-refractivity contribution in [2.45, 2.75) is 56.6 Å². The predicted octanol–water partition coefficient (Wildman–Crippen LogP) is 4.18. The van der Waals surface area contributed by atoms with Crippen LogP contribution in [0.5, 0.6) is 5.75 Å². The standard InChI is InChI=1S/C29H34F3N5O4S2/c1-3-4-20-5-7-21(8-6-20)17-33-27(38)25-18-36(28-34-24-13-14-35(2)19-26(24)42-28)15-16-37(25)43(39,40)23-11-9-22(10-12-23)41-29(30,31)32/h5-12,25H,3-4,13-19H2,1-2H3,(H,33,38)/t25-/m1/s1. The van der Waals surface area contributed by atoms with Crippen molar-refractivity contribution in [2.75, 3.05) is 38.1 Å². The van der Waals surface area contributed by atoms with Gasteiger partial charge in [0.25, 0.3) is 0 Å². The maximum Gasteiger partial charge on any atom is 0.573 e. The molecule has 3 aromatic rings. The topological polar surface area (TPSA) is 95.1 Å². The number of aryl methyl sites for hydroxylation is 1. The van der Waals surface area contributed by atoms with E-state index in [1.807, 2.05) is 36.2 Å². The third-order valence-electron chi connectivity index (χ3n) is 7.51. The Labute approximate surface area is 253 Å². The van der Waals surface area contributed by atoms with Crippen molar-refractivity contribution >= 4 is 32.4 Å². The lowest BCUT2D eigenvalue weighted by molar-refractivity contribution is -0.274. The largest absolute Gasteiger partial charge is 0.573 e. The molecule has 0 saturated carbocycles. The first-order chi connectivity index (χ1) is 20.4. The molecule has 1 amide bonds. The van der Waals surface area contributed by atoms with Crippen LogP contribution in [0.2, 0.25) is 0 Å². The van der Waals surface area contributed by atoms with Crippen LogP contribution < -0.4 is 15.0 Å². The minimum atomic E-state index is -4.90. The van der Waals surface area contributed by atoms with E-state index in [0.717, 1.165) is 82.2 Å². The number of halogens is 3. The van der Waals surface area contributed by atoms with Crippen molar-refractivity contribution in [3.05, 3.63) is 70.2 Å². The Balaban J connectivity index is 1.37. The Morgan fingerprint density at radius 1 is 1.07 bits per heavy atom. The molecule has 0 bridgehead atoms. The number of thiazole rings is 1. The first-order valence-electron chi connectivity index (χ1n) is 14.1. The molecule has 0 unspecified atom stereocenters. The molecule has 43 heavy (non-hydrogen) atoms. The van der Waals surface area contributed by atoms with Gasteiger partial charge in [-0.15, -0.1) is 24.5 Å². The molecule has 1 fully saturated rings. The monoisotopic (exact) mass is 637 g/mol. The number of nitrogens with zero attached hydrogens (tertiary/aromatic N) is 4. The number of likely N-dealkylation sites (N-methyl/N-ethyl adjacent to an activating group) is 1. The average molecular weight is 638 g/mol. The molecule has 0 spiro atoms. The third-order valence-corrected chi connectivity index (χ3v) is 10.6. The number of ether oxygens (including phenoxy) is 1. The molecule has 3 heterocycles. The molecule has 14 heteroatoms. The Morgan fingerprint density at radius 3 is 2.44 bits per heavy atom. The van der Waals surface area contributed by atoms with Crippen molar-refractivity contribution < 1.29 is 31.1 Å². The maximum atomic E-state index is 13.8. The minimum absolute atomic E-state index is 0.00289. The van der Waals surface area contributed by atoms with Gasteiger partial charge in [0.05, 0.1) is 10.6 Å². The molecule has 1 N–H and O–H groups in total. The van der Waals surface area contributed by atoms with Gasteiger partial charge in [0.2, 0.25) is 15.9 Å². The molecule has 0 radical (unpaired) electrons. The van der Waals surface area contributed by atoms with E-state index >= 15 is 0 Å². The number of rotatable bonds is 9. The number of hydrogen-bond acceptors (Lipinski definition) is 8. The average Bonchev–Trinajstić information content (AvgIpc) is 3.39. The minimum Gasteiger partial charge on any atom is -0.406 e. The van der Waals surface area contributed by atoms with Gasteiger partial charge in [-0.1, -0.05) is 37.6 Å². The maximum absolute atomic E-state index is 13.8. The van der Waals surface area contributed by atoms with Crippen LogP contribution in [0.3, 0.4) is 0 Å². The van der Waals surface area contributed by atoms with Crippen LogP contribution in [0.4, 0.5) is 18.3 Å². The Kier molecular flexibility index (Phi) is 9.30. The highest BCUT2D eigenvalue weighted by Crippen LogP contribution is 2.33. The van der Waals surface area contributed by atoms with Crippen molar-refractivity contribution in [3.8, 4) is 5.75 Å². The van der Waals surface area contributed by atoms with Gasteiger partial charge in [-0.3, -0.25) is 4.79 Å². The normalized spacial score (nSPS) is 18.3. The molecule has 1 atom stereocenters. The number of benzene rings is 2. The van der Waals surface area contributed by atoms with E-state index in [0.29, 0.717) is 6.54 Å². The van der Waals surface area contributed by atoms with E-state index in [1.165, 1.54) is 5.56 Å². The van der Waals surface area contributed by atoms with Crippen molar-refractivity contribution in [3.63, 3.8) is 0 Å². The fourth-order valence-electron chi connectivity index (χ4n) is 5.25. The summed E-state index contributed by atoms with van der Waals surface area (Å²) in [6.45, 7) is 4.40. The van der Waals surface area contributed by atoms with E-state index in [2.05, 4.69) is 21.9 Å². The van der Waals surface area contributed by atoms with Crippen LogP contribution in [-0.2, 0) is 40.7 Å². The molecule has 9 nitrogen and oxygen atoms in total. The van der Waals surface area contributed by atoms with Crippen LogP contribution >= 0.6 is 11.3 Å². The lowest BCUT2D eigenvalue weighted by Gasteiger charge is -2.39. The second-order valence-corrected chi connectivity index (χ2v) is 13.7. The van der Waals surface area contributed by atoms with Gasteiger partial charge in [-0.2, -0.15) is 4.31 Å². The number of anilines is 1. The van der Waals surface area contributed by atoms with E-state index in [4.69, 9.17) is 4.98 Å². The molecule has 2 aliphatic rings. The van der Waals surface area contributed by atoms with Gasteiger partial charge in [-0.05, 0) is 48.9 Å². The fourth-order valence-corrected chi connectivity index (χ4v) is 8.05. The Bertz CT molecular complexity index is 1530. The molecule has 1 saturated heterocycles. The summed E-state index contributed by atoms with van der Waals surface area (Å²) in [6.07, 6.45) is -2.10. The van der Waals surface area contributed by atoms with E-state index in [-0.39, 0.29) is 24.5 Å². The summed E-state index contributed by atoms with van der Waals surface area (Å²) < 4.78 is 70.4. The SMILES string of the molecule is CCCc1ccc(CNC(=O)[C@H]2CN(c3nc4c(s3)CN(C)CC4)CCN2S(=O)(=O)c2ccc(OC(F)(F)F)cc2)cc1. The summed E-state index contributed by atoms with van der Waals surface area (Å²) in [5.41, 5.74) is 3.11.